The van der Waals surface area contributed by atoms with Gasteiger partial charge in [-0.15, -0.1) is 0 Å². The molecule has 0 bridgehead atoms. The number of nitro benzene ring substituents is 1. The van der Waals surface area contributed by atoms with Gasteiger partial charge in [0, 0.05) is 12.3 Å². The molecule has 9 nitrogen and oxygen atoms in total. The van der Waals surface area contributed by atoms with Crippen LogP contribution in [0.15, 0.2) is 24.5 Å². The molecule has 0 radical (unpaired) electrons. The Hall–Kier alpha value is -3.23. The Morgan fingerprint density at radius 3 is 2.26 bits per heavy atom. The summed E-state index contributed by atoms with van der Waals surface area (Å²) in [7, 11) is 0. The lowest BCUT2D eigenvalue weighted by molar-refractivity contribution is -0.384. The van der Waals surface area contributed by atoms with E-state index in [9.17, 15) is 14.9 Å². The summed E-state index contributed by atoms with van der Waals surface area (Å²) in [6.45, 7) is 6.42. The number of benzene rings is 1. The van der Waals surface area contributed by atoms with Gasteiger partial charge < -0.3 is 14.8 Å². The van der Waals surface area contributed by atoms with Crippen molar-refractivity contribution in [1.29, 1.82) is 0 Å². The summed E-state index contributed by atoms with van der Waals surface area (Å²) in [6.07, 6.45) is 4.25. The number of hydrogen-bond acceptors (Lipinski definition) is 7. The summed E-state index contributed by atoms with van der Waals surface area (Å²) in [5.41, 5.74) is 0.420. The summed E-state index contributed by atoms with van der Waals surface area (Å²) in [5.74, 6) is 0.000542. The molecule has 0 aliphatic heterocycles. The maximum Gasteiger partial charge on any atom is 0.296 e. The molecule has 0 atom stereocenters. The van der Waals surface area contributed by atoms with E-state index in [1.165, 1.54) is 24.5 Å². The number of aryl methyl sites for hydroxylation is 1. The number of aromatic nitrogens is 2. The van der Waals surface area contributed by atoms with Gasteiger partial charge in [-0.25, -0.2) is 4.98 Å². The molecule has 144 valence electrons. The van der Waals surface area contributed by atoms with Crippen LogP contribution in [0.2, 0.25) is 0 Å². The standard InChI is InChI=1S/C18H22N4O5/c1-4-6-26-16-8-13(15(22(24)25)9-17(16)27-7-5-2)21-18(23)14-11-19-12(3)10-20-14/h8-11H,4-7H2,1-3H3,(H,21,23). The lowest BCUT2D eigenvalue weighted by atomic mass is 10.2. The predicted molar refractivity (Wildman–Crippen MR) is 99.4 cm³/mol. The molecule has 0 saturated heterocycles. The van der Waals surface area contributed by atoms with Gasteiger partial charge in [-0.3, -0.25) is 19.9 Å². The van der Waals surface area contributed by atoms with E-state index in [4.69, 9.17) is 9.47 Å². The Morgan fingerprint density at radius 1 is 1.11 bits per heavy atom. The minimum atomic E-state index is -0.603. The van der Waals surface area contributed by atoms with Gasteiger partial charge in [-0.1, -0.05) is 13.8 Å². The van der Waals surface area contributed by atoms with Crippen molar-refractivity contribution in [3.8, 4) is 11.5 Å². The molecule has 1 heterocycles. The monoisotopic (exact) mass is 374 g/mol. The second-order valence-corrected chi connectivity index (χ2v) is 5.77. The smallest absolute Gasteiger partial charge is 0.296 e. The fraction of sp³-hybridized carbons (Fsp3) is 0.389. The number of rotatable bonds is 9. The van der Waals surface area contributed by atoms with Crippen molar-refractivity contribution >= 4 is 17.3 Å². The zero-order chi connectivity index (χ0) is 19.8. The van der Waals surface area contributed by atoms with Crippen LogP contribution in [0.4, 0.5) is 11.4 Å². The van der Waals surface area contributed by atoms with E-state index < -0.39 is 10.8 Å². The Bertz CT molecular complexity index is 808. The van der Waals surface area contributed by atoms with Crippen molar-refractivity contribution < 1.29 is 19.2 Å². The number of amides is 1. The highest BCUT2D eigenvalue weighted by molar-refractivity contribution is 6.04. The first kappa shape index (κ1) is 20.1. The Labute approximate surface area is 156 Å². The lowest BCUT2D eigenvalue weighted by Crippen LogP contribution is -2.15. The second-order valence-electron chi connectivity index (χ2n) is 5.77. The lowest BCUT2D eigenvalue weighted by Gasteiger charge is -2.14. The maximum atomic E-state index is 12.4. The highest BCUT2D eigenvalue weighted by Crippen LogP contribution is 2.38. The summed E-state index contributed by atoms with van der Waals surface area (Å²) in [6, 6.07) is 2.66. The number of nitro groups is 1. The molecular formula is C18H22N4O5. The third kappa shape index (κ3) is 5.37. The fourth-order valence-electron chi connectivity index (χ4n) is 2.15. The molecule has 27 heavy (non-hydrogen) atoms. The van der Waals surface area contributed by atoms with Crippen molar-refractivity contribution in [2.45, 2.75) is 33.6 Å². The first-order chi connectivity index (χ1) is 13.0. The van der Waals surface area contributed by atoms with E-state index in [1.54, 1.807) is 6.92 Å². The molecule has 0 aliphatic carbocycles. The van der Waals surface area contributed by atoms with E-state index in [0.717, 1.165) is 12.8 Å². The van der Waals surface area contributed by atoms with Crippen LogP contribution in [0.1, 0.15) is 42.9 Å². The number of hydrogen-bond donors (Lipinski definition) is 1. The summed E-state index contributed by atoms with van der Waals surface area (Å²) in [5, 5.41) is 14.0. The maximum absolute atomic E-state index is 12.4. The van der Waals surface area contributed by atoms with Crippen molar-refractivity contribution in [3.63, 3.8) is 0 Å². The quantitative estimate of drug-likeness (QED) is 0.527. The van der Waals surface area contributed by atoms with E-state index >= 15 is 0 Å². The number of nitrogens with one attached hydrogen (secondary N) is 1. The molecule has 1 aromatic heterocycles. The molecule has 0 unspecified atom stereocenters. The van der Waals surface area contributed by atoms with Crippen molar-refractivity contribution in [3.05, 3.63) is 46.0 Å². The van der Waals surface area contributed by atoms with Gasteiger partial charge in [0.2, 0.25) is 0 Å². The first-order valence-electron chi connectivity index (χ1n) is 8.64. The van der Waals surface area contributed by atoms with Crippen LogP contribution in [0.5, 0.6) is 11.5 Å². The average molecular weight is 374 g/mol. The minimum Gasteiger partial charge on any atom is -0.490 e. The molecule has 0 saturated carbocycles. The van der Waals surface area contributed by atoms with Gasteiger partial charge in [0.1, 0.15) is 11.4 Å². The van der Waals surface area contributed by atoms with Gasteiger partial charge in [-0.2, -0.15) is 0 Å². The Balaban J connectivity index is 2.38. The Kier molecular flexibility index (Phi) is 7.04. The molecule has 1 N–H and O–H groups in total. The van der Waals surface area contributed by atoms with E-state index in [1.807, 2.05) is 13.8 Å². The van der Waals surface area contributed by atoms with Gasteiger partial charge in [0.15, 0.2) is 11.5 Å². The SMILES string of the molecule is CCCOc1cc(NC(=O)c2cnc(C)cn2)c([N+](=O)[O-])cc1OCCC. The predicted octanol–water partition coefficient (Wildman–Crippen LogP) is 3.52. The van der Waals surface area contributed by atoms with Crippen LogP contribution < -0.4 is 14.8 Å². The largest absolute Gasteiger partial charge is 0.490 e. The average Bonchev–Trinajstić information content (AvgIpc) is 2.65. The molecule has 1 amide bonds. The van der Waals surface area contributed by atoms with Crippen LogP contribution in [-0.2, 0) is 0 Å². The van der Waals surface area contributed by atoms with Crippen molar-refractivity contribution in [2.24, 2.45) is 0 Å². The van der Waals surface area contributed by atoms with Gasteiger partial charge in [-0.05, 0) is 19.8 Å². The summed E-state index contributed by atoms with van der Waals surface area (Å²) >= 11 is 0. The second kappa shape index (κ2) is 9.46. The molecule has 9 heteroatoms. The van der Waals surface area contributed by atoms with Crippen LogP contribution in [0.3, 0.4) is 0 Å². The molecule has 2 rings (SSSR count). The highest BCUT2D eigenvalue weighted by atomic mass is 16.6. The first-order valence-corrected chi connectivity index (χ1v) is 8.64. The number of ether oxygens (including phenoxy) is 2. The van der Waals surface area contributed by atoms with Gasteiger partial charge in [0.25, 0.3) is 11.6 Å². The molecule has 1 aromatic carbocycles. The zero-order valence-electron chi connectivity index (χ0n) is 15.5. The summed E-state index contributed by atoms with van der Waals surface area (Å²) in [4.78, 5) is 31.2. The number of anilines is 1. The van der Waals surface area contributed by atoms with Crippen LogP contribution in [-0.4, -0.2) is 34.0 Å². The van der Waals surface area contributed by atoms with Crippen molar-refractivity contribution in [2.75, 3.05) is 18.5 Å². The summed E-state index contributed by atoms with van der Waals surface area (Å²) < 4.78 is 11.2. The van der Waals surface area contributed by atoms with Crippen LogP contribution in [0, 0.1) is 17.0 Å². The number of carbonyl (C=O) groups is 1. The van der Waals surface area contributed by atoms with E-state index in [-0.39, 0.29) is 22.8 Å². The van der Waals surface area contributed by atoms with Gasteiger partial charge in [0.05, 0.1) is 36.1 Å². The molecule has 0 aliphatic rings. The molecule has 2 aromatic rings. The third-order valence-electron chi connectivity index (χ3n) is 3.44. The van der Waals surface area contributed by atoms with Crippen LogP contribution in [0.25, 0.3) is 0 Å². The van der Waals surface area contributed by atoms with Crippen LogP contribution >= 0.6 is 0 Å². The molecule has 0 fully saturated rings. The van der Waals surface area contributed by atoms with Gasteiger partial charge >= 0.3 is 0 Å². The molecular weight excluding hydrogens is 352 g/mol. The third-order valence-corrected chi connectivity index (χ3v) is 3.44. The number of nitrogens with zero attached hydrogens (tertiary/aromatic N) is 3. The minimum absolute atomic E-state index is 0.00215. The van der Waals surface area contributed by atoms with E-state index in [2.05, 4.69) is 15.3 Å². The topological polar surface area (TPSA) is 116 Å². The highest BCUT2D eigenvalue weighted by Gasteiger charge is 2.22. The zero-order valence-corrected chi connectivity index (χ0v) is 15.5. The number of carbonyl (C=O) groups excluding carboxylic acids is 1. The van der Waals surface area contributed by atoms with Crippen molar-refractivity contribution in [1.82, 2.24) is 9.97 Å². The fourth-order valence-corrected chi connectivity index (χ4v) is 2.15. The van der Waals surface area contributed by atoms with E-state index in [0.29, 0.717) is 24.7 Å². The Morgan fingerprint density at radius 2 is 1.74 bits per heavy atom. The normalized spacial score (nSPS) is 10.3. The molecule has 0 spiro atoms.